The molecule has 1 heterocycles. The lowest BCUT2D eigenvalue weighted by Crippen LogP contribution is -2.16. The number of hydrogen-bond donors (Lipinski definition) is 0. The fourth-order valence-corrected chi connectivity index (χ4v) is 3.78. The maximum Gasteiger partial charge on any atom is 0.343 e. The molecule has 0 saturated heterocycles. The predicted octanol–water partition coefficient (Wildman–Crippen LogP) is 4.35. The van der Waals surface area contributed by atoms with E-state index in [2.05, 4.69) is 17.7 Å². The summed E-state index contributed by atoms with van der Waals surface area (Å²) in [5.41, 5.74) is 3.31. The summed E-state index contributed by atoms with van der Waals surface area (Å²) in [7, 11) is 1.34. The fourth-order valence-electron chi connectivity index (χ4n) is 3.78. The molecule has 5 heteroatoms. The smallest absolute Gasteiger partial charge is 0.343 e. The standard InChI is InChI=1S/C22H28O5/c1-3-4-5-6-9-15-12-18-16-10-7-8-11-17(16)22(24)27-20(18)13-19(15)26-14-21(23)25-2/h12-13H,3-11,14H2,1-2H3. The number of unbranched alkanes of at least 4 members (excludes halogenated alkanes) is 3. The Labute approximate surface area is 159 Å². The largest absolute Gasteiger partial charge is 0.481 e. The summed E-state index contributed by atoms with van der Waals surface area (Å²) in [6.07, 6.45) is 9.32. The van der Waals surface area contributed by atoms with Gasteiger partial charge in [0, 0.05) is 17.0 Å². The molecule has 0 unspecified atom stereocenters. The summed E-state index contributed by atoms with van der Waals surface area (Å²) in [5, 5.41) is 1.01. The van der Waals surface area contributed by atoms with Crippen LogP contribution >= 0.6 is 0 Å². The van der Waals surface area contributed by atoms with Crippen molar-refractivity contribution in [1.82, 2.24) is 0 Å². The molecule has 1 aromatic carbocycles. The van der Waals surface area contributed by atoms with E-state index in [0.29, 0.717) is 11.3 Å². The number of hydrogen-bond acceptors (Lipinski definition) is 5. The Kier molecular flexibility index (Phi) is 6.54. The van der Waals surface area contributed by atoms with E-state index in [1.165, 1.54) is 20.0 Å². The molecule has 1 aliphatic rings. The van der Waals surface area contributed by atoms with Crippen molar-refractivity contribution < 1.29 is 18.7 Å². The van der Waals surface area contributed by atoms with Crippen molar-refractivity contribution in [1.29, 1.82) is 0 Å². The fraction of sp³-hybridized carbons (Fsp3) is 0.545. The summed E-state index contributed by atoms with van der Waals surface area (Å²) in [6, 6.07) is 3.87. The molecular formula is C22H28O5. The molecule has 146 valence electrons. The van der Waals surface area contributed by atoms with Gasteiger partial charge in [-0.05, 0) is 55.7 Å². The van der Waals surface area contributed by atoms with Gasteiger partial charge in [-0.2, -0.15) is 0 Å². The molecule has 1 aliphatic carbocycles. The molecule has 0 atom stereocenters. The Morgan fingerprint density at radius 1 is 1.11 bits per heavy atom. The lowest BCUT2D eigenvalue weighted by molar-refractivity contribution is -0.142. The molecule has 0 spiro atoms. The number of esters is 1. The van der Waals surface area contributed by atoms with Crippen LogP contribution in [0.25, 0.3) is 11.0 Å². The molecule has 0 bridgehead atoms. The highest BCUT2D eigenvalue weighted by molar-refractivity contribution is 5.84. The van der Waals surface area contributed by atoms with Gasteiger partial charge >= 0.3 is 11.6 Å². The SMILES string of the molecule is CCCCCCc1cc2c3c(c(=O)oc2cc1OCC(=O)OC)CCCC3. The van der Waals surface area contributed by atoms with Crippen molar-refractivity contribution in [3.63, 3.8) is 0 Å². The highest BCUT2D eigenvalue weighted by atomic mass is 16.6. The van der Waals surface area contributed by atoms with Crippen LogP contribution in [-0.2, 0) is 28.8 Å². The summed E-state index contributed by atoms with van der Waals surface area (Å²) >= 11 is 0. The van der Waals surface area contributed by atoms with Gasteiger partial charge in [-0.25, -0.2) is 9.59 Å². The molecule has 0 fully saturated rings. The van der Waals surface area contributed by atoms with Crippen LogP contribution in [0.5, 0.6) is 5.75 Å². The number of aryl methyl sites for hydroxylation is 2. The van der Waals surface area contributed by atoms with Gasteiger partial charge in [0.25, 0.3) is 0 Å². The lowest BCUT2D eigenvalue weighted by atomic mass is 9.89. The minimum absolute atomic E-state index is 0.154. The first-order valence-corrected chi connectivity index (χ1v) is 9.95. The first-order valence-electron chi connectivity index (χ1n) is 9.95. The number of rotatable bonds is 8. The molecule has 0 saturated carbocycles. The van der Waals surface area contributed by atoms with Gasteiger partial charge in [-0.3, -0.25) is 0 Å². The topological polar surface area (TPSA) is 65.7 Å². The van der Waals surface area contributed by atoms with Crippen molar-refractivity contribution in [3.8, 4) is 5.75 Å². The zero-order valence-electron chi connectivity index (χ0n) is 16.3. The number of carbonyl (C=O) groups excluding carboxylic acids is 1. The van der Waals surface area contributed by atoms with Gasteiger partial charge in [-0.1, -0.05) is 26.2 Å². The third-order valence-corrected chi connectivity index (χ3v) is 5.28. The Hall–Kier alpha value is -2.30. The first-order chi connectivity index (χ1) is 13.1. The second-order valence-electron chi connectivity index (χ2n) is 7.19. The molecule has 5 nitrogen and oxygen atoms in total. The zero-order chi connectivity index (χ0) is 19.2. The molecule has 0 amide bonds. The molecule has 27 heavy (non-hydrogen) atoms. The van der Waals surface area contributed by atoms with Gasteiger partial charge in [0.1, 0.15) is 11.3 Å². The van der Waals surface area contributed by atoms with Crippen LogP contribution in [0.1, 0.15) is 62.1 Å². The Morgan fingerprint density at radius 2 is 1.89 bits per heavy atom. The van der Waals surface area contributed by atoms with Crippen LogP contribution in [0.15, 0.2) is 21.3 Å². The second kappa shape index (κ2) is 9.07. The lowest BCUT2D eigenvalue weighted by Gasteiger charge is -2.18. The van der Waals surface area contributed by atoms with Gasteiger partial charge in [0.05, 0.1) is 7.11 Å². The third-order valence-electron chi connectivity index (χ3n) is 5.28. The van der Waals surface area contributed by atoms with Crippen LogP contribution < -0.4 is 10.4 Å². The van der Waals surface area contributed by atoms with Gasteiger partial charge < -0.3 is 13.9 Å². The number of methoxy groups -OCH3 is 1. The molecule has 2 aromatic rings. The monoisotopic (exact) mass is 372 g/mol. The van der Waals surface area contributed by atoms with Crippen molar-refractivity contribution in [2.75, 3.05) is 13.7 Å². The van der Waals surface area contributed by atoms with Crippen molar-refractivity contribution in [2.45, 2.75) is 64.7 Å². The molecule has 3 rings (SSSR count). The average Bonchev–Trinajstić information content (AvgIpc) is 2.69. The van der Waals surface area contributed by atoms with Crippen LogP contribution in [0.4, 0.5) is 0 Å². The number of fused-ring (bicyclic) bond motifs is 3. The molecule has 1 aromatic heterocycles. The summed E-state index contributed by atoms with van der Waals surface area (Å²) in [6.45, 7) is 2.04. The highest BCUT2D eigenvalue weighted by Crippen LogP contribution is 2.32. The minimum Gasteiger partial charge on any atom is -0.481 e. The summed E-state index contributed by atoms with van der Waals surface area (Å²) < 4.78 is 16.0. The zero-order valence-corrected chi connectivity index (χ0v) is 16.3. The van der Waals surface area contributed by atoms with Crippen LogP contribution in [0, 0.1) is 0 Å². The summed E-state index contributed by atoms with van der Waals surface area (Å²) in [5.74, 6) is 0.169. The first kappa shape index (κ1) is 19.5. The molecular weight excluding hydrogens is 344 g/mol. The third kappa shape index (κ3) is 4.52. The molecule has 0 N–H and O–H groups in total. The second-order valence-corrected chi connectivity index (χ2v) is 7.19. The average molecular weight is 372 g/mol. The van der Waals surface area contributed by atoms with Gasteiger partial charge in [0.15, 0.2) is 6.61 Å². The van der Waals surface area contributed by atoms with E-state index in [9.17, 15) is 9.59 Å². The number of ether oxygens (including phenoxy) is 2. The Balaban J connectivity index is 1.99. The highest BCUT2D eigenvalue weighted by Gasteiger charge is 2.20. The molecule has 0 radical (unpaired) electrons. The number of carbonyl (C=O) groups is 1. The van der Waals surface area contributed by atoms with E-state index in [4.69, 9.17) is 9.15 Å². The van der Waals surface area contributed by atoms with Crippen molar-refractivity contribution in [3.05, 3.63) is 39.2 Å². The van der Waals surface area contributed by atoms with E-state index in [1.54, 1.807) is 6.07 Å². The quantitative estimate of drug-likeness (QED) is 0.392. The van der Waals surface area contributed by atoms with Crippen LogP contribution in [0.3, 0.4) is 0 Å². The van der Waals surface area contributed by atoms with Gasteiger partial charge in [-0.15, -0.1) is 0 Å². The predicted molar refractivity (Wildman–Crippen MR) is 104 cm³/mol. The van der Waals surface area contributed by atoms with E-state index < -0.39 is 5.97 Å². The minimum atomic E-state index is -0.432. The van der Waals surface area contributed by atoms with E-state index in [1.807, 2.05) is 0 Å². The van der Waals surface area contributed by atoms with Gasteiger partial charge in [0.2, 0.25) is 0 Å². The van der Waals surface area contributed by atoms with E-state index >= 15 is 0 Å². The number of benzene rings is 1. The maximum atomic E-state index is 12.3. The summed E-state index contributed by atoms with van der Waals surface area (Å²) in [4.78, 5) is 23.8. The molecule has 0 aliphatic heterocycles. The van der Waals surface area contributed by atoms with E-state index in [0.717, 1.165) is 67.0 Å². The Bertz CT molecular complexity index is 865. The maximum absolute atomic E-state index is 12.3. The van der Waals surface area contributed by atoms with E-state index in [-0.39, 0.29) is 12.2 Å². The van der Waals surface area contributed by atoms with Crippen LogP contribution in [-0.4, -0.2) is 19.7 Å². The Morgan fingerprint density at radius 3 is 2.63 bits per heavy atom. The van der Waals surface area contributed by atoms with Crippen molar-refractivity contribution >= 4 is 16.9 Å². The van der Waals surface area contributed by atoms with Crippen molar-refractivity contribution in [2.24, 2.45) is 0 Å². The normalized spacial score (nSPS) is 13.4. The van der Waals surface area contributed by atoms with Crippen LogP contribution in [0.2, 0.25) is 0 Å².